The standard InChI is InChI=1S/C18H27NO2S/c1-13-2-6-16(22-13)10-19-9-8-18-17(19)7-5-15(21-18)12-20-11-14-3-4-14/h2,6,14-15,17-18H,3-5,7-12H2,1H3/t15-,17-,18-/m0/s1. The molecule has 3 aliphatic rings. The summed E-state index contributed by atoms with van der Waals surface area (Å²) in [6, 6.07) is 5.14. The third-order valence-electron chi connectivity index (χ3n) is 5.26. The quantitative estimate of drug-likeness (QED) is 0.799. The Balaban J connectivity index is 1.26. The van der Waals surface area contributed by atoms with Crippen molar-refractivity contribution in [3.05, 3.63) is 21.9 Å². The Bertz CT molecular complexity index is 499. The van der Waals surface area contributed by atoms with Crippen molar-refractivity contribution in [2.24, 2.45) is 5.92 Å². The van der Waals surface area contributed by atoms with E-state index in [1.807, 2.05) is 11.3 Å². The summed E-state index contributed by atoms with van der Waals surface area (Å²) in [5.74, 6) is 0.854. The molecule has 0 spiro atoms. The lowest BCUT2D eigenvalue weighted by atomic mass is 9.99. The molecule has 3 atom stereocenters. The zero-order valence-corrected chi connectivity index (χ0v) is 14.3. The van der Waals surface area contributed by atoms with Gasteiger partial charge in [0.1, 0.15) is 0 Å². The van der Waals surface area contributed by atoms with Gasteiger partial charge in [0.25, 0.3) is 0 Å². The summed E-state index contributed by atoms with van der Waals surface area (Å²) in [4.78, 5) is 5.54. The smallest absolute Gasteiger partial charge is 0.0813 e. The Labute approximate surface area is 137 Å². The largest absolute Gasteiger partial charge is 0.378 e. The number of hydrogen-bond acceptors (Lipinski definition) is 4. The van der Waals surface area contributed by atoms with E-state index in [0.29, 0.717) is 18.2 Å². The maximum Gasteiger partial charge on any atom is 0.0813 e. The molecule has 0 aromatic carbocycles. The van der Waals surface area contributed by atoms with E-state index in [0.717, 1.165) is 32.1 Å². The molecule has 2 saturated heterocycles. The molecule has 1 aliphatic carbocycles. The van der Waals surface area contributed by atoms with Crippen LogP contribution in [0.3, 0.4) is 0 Å². The summed E-state index contributed by atoms with van der Waals surface area (Å²) in [7, 11) is 0. The highest BCUT2D eigenvalue weighted by Crippen LogP contribution is 2.34. The summed E-state index contributed by atoms with van der Waals surface area (Å²) < 4.78 is 12.2. The number of ether oxygens (including phenoxy) is 2. The van der Waals surface area contributed by atoms with Crippen molar-refractivity contribution < 1.29 is 9.47 Å². The maximum atomic E-state index is 6.32. The van der Waals surface area contributed by atoms with E-state index in [-0.39, 0.29) is 0 Å². The minimum Gasteiger partial charge on any atom is -0.378 e. The Morgan fingerprint density at radius 1 is 1.18 bits per heavy atom. The van der Waals surface area contributed by atoms with Crippen LogP contribution in [0.5, 0.6) is 0 Å². The molecule has 4 rings (SSSR count). The number of thiophene rings is 1. The van der Waals surface area contributed by atoms with Gasteiger partial charge in [-0.2, -0.15) is 0 Å². The van der Waals surface area contributed by atoms with E-state index in [4.69, 9.17) is 9.47 Å². The molecule has 22 heavy (non-hydrogen) atoms. The van der Waals surface area contributed by atoms with E-state index in [1.54, 1.807) is 0 Å². The van der Waals surface area contributed by atoms with Gasteiger partial charge in [0.15, 0.2) is 0 Å². The lowest BCUT2D eigenvalue weighted by Gasteiger charge is -2.35. The maximum absolute atomic E-state index is 6.32. The van der Waals surface area contributed by atoms with Crippen LogP contribution in [0, 0.1) is 12.8 Å². The number of fused-ring (bicyclic) bond motifs is 1. The van der Waals surface area contributed by atoms with E-state index in [2.05, 4.69) is 24.0 Å². The molecule has 4 heteroatoms. The van der Waals surface area contributed by atoms with Crippen LogP contribution in [-0.4, -0.2) is 42.9 Å². The summed E-state index contributed by atoms with van der Waals surface area (Å²) in [6.07, 6.45) is 7.13. The van der Waals surface area contributed by atoms with Crippen LogP contribution in [0.4, 0.5) is 0 Å². The first-order valence-corrected chi connectivity index (χ1v) is 9.62. The molecular formula is C18H27NO2S. The first-order chi connectivity index (χ1) is 10.8. The number of aryl methyl sites for hydroxylation is 1. The predicted molar refractivity (Wildman–Crippen MR) is 89.3 cm³/mol. The topological polar surface area (TPSA) is 21.7 Å². The molecule has 1 aromatic rings. The van der Waals surface area contributed by atoms with E-state index < -0.39 is 0 Å². The van der Waals surface area contributed by atoms with Gasteiger partial charge < -0.3 is 9.47 Å². The highest BCUT2D eigenvalue weighted by Gasteiger charge is 2.39. The molecule has 1 aromatic heterocycles. The van der Waals surface area contributed by atoms with Crippen molar-refractivity contribution >= 4 is 11.3 Å². The van der Waals surface area contributed by atoms with Crippen molar-refractivity contribution in [3.8, 4) is 0 Å². The summed E-state index contributed by atoms with van der Waals surface area (Å²) in [6.45, 7) is 6.24. The van der Waals surface area contributed by atoms with Gasteiger partial charge in [-0.25, -0.2) is 0 Å². The van der Waals surface area contributed by atoms with Crippen LogP contribution in [-0.2, 0) is 16.0 Å². The zero-order chi connectivity index (χ0) is 14.9. The number of rotatable bonds is 6. The van der Waals surface area contributed by atoms with Gasteiger partial charge in [0, 0.05) is 35.5 Å². The Hall–Kier alpha value is -0.420. The number of hydrogen-bond donors (Lipinski definition) is 0. The van der Waals surface area contributed by atoms with Crippen LogP contribution in [0.2, 0.25) is 0 Å². The Kier molecular flexibility index (Phi) is 4.54. The summed E-state index contributed by atoms with van der Waals surface area (Å²) >= 11 is 1.93. The lowest BCUT2D eigenvalue weighted by Crippen LogP contribution is -2.43. The second kappa shape index (κ2) is 6.60. The van der Waals surface area contributed by atoms with Crippen molar-refractivity contribution in [1.29, 1.82) is 0 Å². The molecule has 3 nitrogen and oxygen atoms in total. The first kappa shape index (κ1) is 15.1. The van der Waals surface area contributed by atoms with E-state index >= 15 is 0 Å². The second-order valence-corrected chi connectivity index (χ2v) is 8.57. The monoisotopic (exact) mass is 321 g/mol. The van der Waals surface area contributed by atoms with Gasteiger partial charge in [-0.3, -0.25) is 4.90 Å². The van der Waals surface area contributed by atoms with Crippen LogP contribution >= 0.6 is 11.3 Å². The van der Waals surface area contributed by atoms with Gasteiger partial charge in [-0.1, -0.05) is 0 Å². The predicted octanol–water partition coefficient (Wildman–Crippen LogP) is 3.61. The van der Waals surface area contributed by atoms with Gasteiger partial charge in [0.05, 0.1) is 18.8 Å². The molecule has 0 radical (unpaired) electrons. The van der Waals surface area contributed by atoms with Crippen LogP contribution < -0.4 is 0 Å². The minimum atomic E-state index is 0.337. The highest BCUT2D eigenvalue weighted by atomic mass is 32.1. The number of likely N-dealkylation sites (tertiary alicyclic amines) is 1. The van der Waals surface area contributed by atoms with E-state index in [1.165, 1.54) is 42.0 Å². The molecule has 3 heterocycles. The number of nitrogens with zero attached hydrogens (tertiary/aromatic N) is 1. The van der Waals surface area contributed by atoms with Crippen molar-refractivity contribution in [2.45, 2.75) is 63.8 Å². The van der Waals surface area contributed by atoms with Crippen LogP contribution in [0.25, 0.3) is 0 Å². The van der Waals surface area contributed by atoms with Gasteiger partial charge in [-0.15, -0.1) is 11.3 Å². The fourth-order valence-electron chi connectivity index (χ4n) is 3.83. The Morgan fingerprint density at radius 3 is 2.86 bits per heavy atom. The summed E-state index contributed by atoms with van der Waals surface area (Å²) in [5.41, 5.74) is 0. The molecular weight excluding hydrogens is 294 g/mol. The minimum absolute atomic E-state index is 0.337. The van der Waals surface area contributed by atoms with Crippen LogP contribution in [0.1, 0.15) is 41.9 Å². The average molecular weight is 321 g/mol. The third-order valence-corrected chi connectivity index (χ3v) is 6.25. The lowest BCUT2D eigenvalue weighted by molar-refractivity contribution is -0.101. The molecule has 2 aliphatic heterocycles. The molecule has 0 amide bonds. The van der Waals surface area contributed by atoms with Crippen molar-refractivity contribution in [2.75, 3.05) is 19.8 Å². The first-order valence-electron chi connectivity index (χ1n) is 8.80. The normalized spacial score (nSPS) is 32.3. The fraction of sp³-hybridized carbons (Fsp3) is 0.778. The SMILES string of the molecule is Cc1ccc(CN2CC[C@@H]3O[C@H](COCC4CC4)CC[C@@H]32)s1. The Morgan fingerprint density at radius 2 is 2.09 bits per heavy atom. The molecule has 0 unspecified atom stereocenters. The average Bonchev–Trinajstić information content (AvgIpc) is 3.12. The molecule has 0 bridgehead atoms. The zero-order valence-electron chi connectivity index (χ0n) is 13.5. The van der Waals surface area contributed by atoms with Crippen molar-refractivity contribution in [1.82, 2.24) is 4.90 Å². The van der Waals surface area contributed by atoms with Crippen LogP contribution in [0.15, 0.2) is 12.1 Å². The molecule has 0 N–H and O–H groups in total. The molecule has 3 fully saturated rings. The highest BCUT2D eigenvalue weighted by molar-refractivity contribution is 7.11. The van der Waals surface area contributed by atoms with E-state index in [9.17, 15) is 0 Å². The van der Waals surface area contributed by atoms with Gasteiger partial charge in [0.2, 0.25) is 0 Å². The van der Waals surface area contributed by atoms with Gasteiger partial charge in [-0.05, 0) is 57.1 Å². The van der Waals surface area contributed by atoms with Gasteiger partial charge >= 0.3 is 0 Å². The fourth-order valence-corrected chi connectivity index (χ4v) is 4.74. The summed E-state index contributed by atoms with van der Waals surface area (Å²) in [5, 5.41) is 0. The molecule has 1 saturated carbocycles. The van der Waals surface area contributed by atoms with Crippen molar-refractivity contribution in [3.63, 3.8) is 0 Å². The second-order valence-electron chi connectivity index (χ2n) is 7.19. The molecule has 122 valence electrons. The third kappa shape index (κ3) is 3.56.